The number of rotatable bonds is 4. The molecule has 0 fully saturated rings. The standard InChI is InChI=1S/C13H21.C5H5.2ClH.Zr/c1-5-10-9-11(6-2)13(8-4)12(10)7-3;1-2-4-5-3-1;;;/h10H,5-8H2,1-4H3;1-3H,4H2;2*1H;/q2*-1;;;+2. The summed E-state index contributed by atoms with van der Waals surface area (Å²) >= 11 is 0. The molecule has 0 bridgehead atoms. The molecule has 2 aliphatic rings. The van der Waals surface area contributed by atoms with Crippen LogP contribution in [-0.2, 0) is 26.2 Å². The molecule has 1 unspecified atom stereocenters. The van der Waals surface area contributed by atoms with Crippen LogP contribution in [-0.4, -0.2) is 0 Å². The molecule has 0 saturated heterocycles. The molecule has 0 radical (unpaired) electrons. The predicted octanol–water partition coefficient (Wildman–Crippen LogP) is 6.43. The predicted molar refractivity (Wildman–Crippen MR) is 94.5 cm³/mol. The Hall–Kier alpha value is 0.423. The van der Waals surface area contributed by atoms with Gasteiger partial charge in [0.25, 0.3) is 0 Å². The van der Waals surface area contributed by atoms with Crippen molar-refractivity contribution in [1.82, 2.24) is 0 Å². The van der Waals surface area contributed by atoms with Crippen LogP contribution in [0, 0.1) is 18.1 Å². The second-order valence-corrected chi connectivity index (χ2v) is 4.65. The van der Waals surface area contributed by atoms with Gasteiger partial charge in [0.05, 0.1) is 0 Å². The number of hydrogen-bond donors (Lipinski definition) is 0. The van der Waals surface area contributed by atoms with Crippen molar-refractivity contribution in [3.63, 3.8) is 0 Å². The van der Waals surface area contributed by atoms with Gasteiger partial charge in [-0.2, -0.15) is 17.2 Å². The average Bonchev–Trinajstić information content (AvgIpc) is 3.08. The summed E-state index contributed by atoms with van der Waals surface area (Å²) in [7, 11) is 0. The number of hydrogen-bond acceptors (Lipinski definition) is 0. The van der Waals surface area contributed by atoms with Gasteiger partial charge in [0.1, 0.15) is 0 Å². The van der Waals surface area contributed by atoms with Crippen molar-refractivity contribution < 1.29 is 26.2 Å². The number of halogens is 2. The minimum absolute atomic E-state index is 0. The smallest absolute Gasteiger partial charge is 0.273 e. The largest absolute Gasteiger partial charge is 2.00 e. The maximum Gasteiger partial charge on any atom is 2.00 e. The van der Waals surface area contributed by atoms with Crippen LogP contribution in [0.1, 0.15) is 59.8 Å². The van der Waals surface area contributed by atoms with E-state index in [1.165, 1.54) is 24.8 Å². The van der Waals surface area contributed by atoms with Gasteiger partial charge in [-0.15, -0.1) is 31.2 Å². The van der Waals surface area contributed by atoms with Crippen molar-refractivity contribution in [3.8, 4) is 0 Å². The minimum Gasteiger partial charge on any atom is -0.273 e. The maximum absolute atomic E-state index is 3.63. The molecule has 0 nitrogen and oxygen atoms in total. The molecule has 2 aliphatic carbocycles. The summed E-state index contributed by atoms with van der Waals surface area (Å²) in [6, 6.07) is 0. The fraction of sp³-hybridized carbons (Fsp3) is 0.556. The third-order valence-corrected chi connectivity index (χ3v) is 3.60. The van der Waals surface area contributed by atoms with E-state index in [1.54, 1.807) is 11.1 Å². The van der Waals surface area contributed by atoms with Gasteiger partial charge in [0.15, 0.2) is 0 Å². The second-order valence-electron chi connectivity index (χ2n) is 4.65. The van der Waals surface area contributed by atoms with Crippen LogP contribution in [0.3, 0.4) is 0 Å². The van der Waals surface area contributed by atoms with E-state index in [-0.39, 0.29) is 51.0 Å². The molecule has 0 aromatic heterocycles. The van der Waals surface area contributed by atoms with E-state index in [0.29, 0.717) is 5.92 Å². The van der Waals surface area contributed by atoms with E-state index in [0.717, 1.165) is 12.8 Å². The van der Waals surface area contributed by atoms with Crippen molar-refractivity contribution in [2.75, 3.05) is 0 Å². The van der Waals surface area contributed by atoms with Gasteiger partial charge in [-0.3, -0.25) is 12.2 Å². The monoisotopic (exact) mass is 404 g/mol. The Balaban J connectivity index is -0.000000349. The first-order valence-corrected chi connectivity index (χ1v) is 7.34. The molecule has 0 N–H and O–H groups in total. The van der Waals surface area contributed by atoms with E-state index < -0.39 is 0 Å². The van der Waals surface area contributed by atoms with Gasteiger partial charge < -0.3 is 0 Å². The Morgan fingerprint density at radius 3 is 2.00 bits per heavy atom. The Labute approximate surface area is 163 Å². The quantitative estimate of drug-likeness (QED) is 0.472. The molecule has 0 aliphatic heterocycles. The van der Waals surface area contributed by atoms with Gasteiger partial charge in [0, 0.05) is 0 Å². The van der Waals surface area contributed by atoms with Crippen molar-refractivity contribution in [3.05, 3.63) is 47.1 Å². The number of allylic oxidation sites excluding steroid dienone is 8. The summed E-state index contributed by atoms with van der Waals surface area (Å²) in [5.74, 6) is 0.634. The molecule has 118 valence electrons. The fourth-order valence-electron chi connectivity index (χ4n) is 2.69. The topological polar surface area (TPSA) is 0 Å². The molecule has 1 atom stereocenters. The first-order valence-electron chi connectivity index (χ1n) is 7.34. The molecule has 0 aromatic carbocycles. The van der Waals surface area contributed by atoms with Crippen LogP contribution in [0.4, 0.5) is 0 Å². The van der Waals surface area contributed by atoms with E-state index in [9.17, 15) is 0 Å². The molecule has 0 amide bonds. The van der Waals surface area contributed by atoms with Crippen molar-refractivity contribution in [1.29, 1.82) is 0 Å². The molecule has 0 heterocycles. The molecular formula is C18H28Cl2Zr. The average molecular weight is 407 g/mol. The zero-order valence-electron chi connectivity index (χ0n) is 13.7. The van der Waals surface area contributed by atoms with Crippen LogP contribution in [0.5, 0.6) is 0 Å². The molecule has 3 heteroatoms. The zero-order chi connectivity index (χ0) is 13.4. The van der Waals surface area contributed by atoms with Crippen molar-refractivity contribution in [2.45, 2.75) is 59.8 Å². The van der Waals surface area contributed by atoms with E-state index >= 15 is 0 Å². The summed E-state index contributed by atoms with van der Waals surface area (Å²) in [6.45, 7) is 9.04. The molecule has 0 aromatic rings. The second kappa shape index (κ2) is 15.3. The molecular weight excluding hydrogens is 378 g/mol. The Morgan fingerprint density at radius 2 is 1.71 bits per heavy atom. The third kappa shape index (κ3) is 8.01. The summed E-state index contributed by atoms with van der Waals surface area (Å²) in [4.78, 5) is 0. The first-order chi connectivity index (χ1) is 8.78. The van der Waals surface area contributed by atoms with Crippen LogP contribution < -0.4 is 0 Å². The Morgan fingerprint density at radius 1 is 1.05 bits per heavy atom. The Kier molecular flexibility index (Phi) is 19.2. The van der Waals surface area contributed by atoms with Crippen molar-refractivity contribution >= 4 is 24.8 Å². The summed E-state index contributed by atoms with van der Waals surface area (Å²) < 4.78 is 0. The minimum atomic E-state index is 0. The van der Waals surface area contributed by atoms with Crippen LogP contribution in [0.15, 0.2) is 34.9 Å². The summed E-state index contributed by atoms with van der Waals surface area (Å²) in [6.07, 6.45) is 18.4. The van der Waals surface area contributed by atoms with Gasteiger partial charge >= 0.3 is 26.2 Å². The Bertz CT molecular complexity index is 369. The summed E-state index contributed by atoms with van der Waals surface area (Å²) in [5, 5.41) is 0. The normalized spacial score (nSPS) is 18.1. The first kappa shape index (κ1) is 26.3. The van der Waals surface area contributed by atoms with Crippen LogP contribution in [0.25, 0.3) is 0 Å². The van der Waals surface area contributed by atoms with Crippen LogP contribution in [0.2, 0.25) is 0 Å². The van der Waals surface area contributed by atoms with Crippen molar-refractivity contribution in [2.24, 2.45) is 5.92 Å². The molecule has 0 saturated carbocycles. The van der Waals surface area contributed by atoms with Gasteiger partial charge in [-0.25, -0.2) is 17.7 Å². The van der Waals surface area contributed by atoms with E-state index in [2.05, 4.69) is 45.9 Å². The maximum atomic E-state index is 3.63. The molecule has 2 rings (SSSR count). The summed E-state index contributed by atoms with van der Waals surface area (Å²) in [5.41, 5.74) is 4.75. The third-order valence-electron chi connectivity index (χ3n) is 3.60. The van der Waals surface area contributed by atoms with E-state index in [4.69, 9.17) is 0 Å². The molecule has 0 spiro atoms. The SMILES string of the molecule is CCC1=[C-]C(CC)C(CC)=C1CC.Cl.Cl.[C-]1=CC=CC1.[Zr+2]. The van der Waals surface area contributed by atoms with Crippen LogP contribution >= 0.6 is 24.8 Å². The van der Waals surface area contributed by atoms with Gasteiger partial charge in [-0.1, -0.05) is 59.3 Å². The van der Waals surface area contributed by atoms with E-state index in [1.807, 2.05) is 12.2 Å². The fourth-order valence-corrected chi connectivity index (χ4v) is 2.69. The van der Waals surface area contributed by atoms with Gasteiger partial charge in [0.2, 0.25) is 0 Å². The zero-order valence-corrected chi connectivity index (χ0v) is 17.8. The molecule has 21 heavy (non-hydrogen) atoms. The van der Waals surface area contributed by atoms with Gasteiger partial charge in [-0.05, 0) is 0 Å².